The predicted octanol–water partition coefficient (Wildman–Crippen LogP) is 2.66. The van der Waals surface area contributed by atoms with Crippen LogP contribution in [0.15, 0.2) is 18.2 Å². The molecule has 0 radical (unpaired) electrons. The van der Waals surface area contributed by atoms with Crippen LogP contribution in [-0.4, -0.2) is 35.9 Å². The van der Waals surface area contributed by atoms with Gasteiger partial charge in [0, 0.05) is 25.7 Å². The number of likely N-dealkylation sites (N-methyl/N-ethyl adjacent to an activating group) is 1. The first kappa shape index (κ1) is 20.6. The third-order valence-corrected chi connectivity index (χ3v) is 3.58. The van der Waals surface area contributed by atoms with Crippen molar-refractivity contribution in [2.24, 2.45) is 11.1 Å². The Labute approximate surface area is 141 Å². The van der Waals surface area contributed by atoms with Crippen molar-refractivity contribution in [3.05, 3.63) is 38.9 Å². The molecule has 0 aromatic heterocycles. The minimum absolute atomic E-state index is 0. The first-order chi connectivity index (χ1) is 9.66. The largest absolute Gasteiger partial charge is 0.345 e. The number of carbonyl (C=O) groups excluding carboxylic acids is 1. The molecule has 0 heterocycles. The highest BCUT2D eigenvalue weighted by molar-refractivity contribution is 6.31. The molecule has 0 unspecified atom stereocenters. The van der Waals surface area contributed by atoms with E-state index < -0.39 is 4.92 Å². The van der Waals surface area contributed by atoms with Gasteiger partial charge in [0.05, 0.1) is 16.4 Å². The van der Waals surface area contributed by atoms with Crippen LogP contribution in [0, 0.1) is 15.5 Å². The number of nitrogens with two attached hydrogens (primary N) is 1. The molecule has 0 saturated heterocycles. The van der Waals surface area contributed by atoms with Gasteiger partial charge in [0.2, 0.25) is 5.91 Å². The number of nitro benzene ring substituents is 1. The number of hydrogen-bond donors (Lipinski definition) is 1. The first-order valence-corrected chi connectivity index (χ1v) is 6.91. The Hall–Kier alpha value is -1.37. The van der Waals surface area contributed by atoms with Gasteiger partial charge in [0.1, 0.15) is 0 Å². The fourth-order valence-electron chi connectivity index (χ4n) is 1.89. The molecule has 0 bridgehead atoms. The summed E-state index contributed by atoms with van der Waals surface area (Å²) in [6.07, 6.45) is 0.105. The lowest BCUT2D eigenvalue weighted by atomic mass is 9.93. The summed E-state index contributed by atoms with van der Waals surface area (Å²) in [5.41, 5.74) is 5.98. The molecule has 1 aromatic rings. The van der Waals surface area contributed by atoms with Crippen LogP contribution in [0.4, 0.5) is 5.69 Å². The van der Waals surface area contributed by atoms with E-state index in [0.717, 1.165) is 0 Å². The van der Waals surface area contributed by atoms with Crippen molar-refractivity contribution in [3.63, 3.8) is 0 Å². The lowest BCUT2D eigenvalue weighted by Gasteiger charge is -2.29. The summed E-state index contributed by atoms with van der Waals surface area (Å²) in [7, 11) is 1.71. The van der Waals surface area contributed by atoms with Crippen LogP contribution >= 0.6 is 24.0 Å². The predicted molar refractivity (Wildman–Crippen MR) is 89.5 cm³/mol. The third-order valence-electron chi connectivity index (χ3n) is 3.23. The molecule has 6 nitrogen and oxygen atoms in total. The first-order valence-electron chi connectivity index (χ1n) is 6.53. The highest BCUT2D eigenvalue weighted by Crippen LogP contribution is 2.23. The second-order valence-corrected chi connectivity index (χ2v) is 6.23. The molecule has 0 atom stereocenters. The fourth-order valence-corrected chi connectivity index (χ4v) is 2.13. The smallest absolute Gasteiger partial charge is 0.270 e. The quantitative estimate of drug-likeness (QED) is 0.631. The van der Waals surface area contributed by atoms with Crippen LogP contribution in [0.25, 0.3) is 0 Å². The molecule has 22 heavy (non-hydrogen) atoms. The van der Waals surface area contributed by atoms with Gasteiger partial charge < -0.3 is 10.6 Å². The van der Waals surface area contributed by atoms with Crippen LogP contribution in [0.3, 0.4) is 0 Å². The SMILES string of the molecule is CN(CC(C)(C)CN)C(=O)Cc1ccc([N+](=O)[O-])cc1Cl.Cl. The van der Waals surface area contributed by atoms with E-state index in [2.05, 4.69) is 0 Å². The molecule has 124 valence electrons. The Balaban J connectivity index is 0.00000441. The molecule has 0 aliphatic rings. The van der Waals surface area contributed by atoms with E-state index >= 15 is 0 Å². The summed E-state index contributed by atoms with van der Waals surface area (Å²) in [5, 5.41) is 10.9. The van der Waals surface area contributed by atoms with Crippen molar-refractivity contribution >= 4 is 35.6 Å². The molecule has 1 rings (SSSR count). The van der Waals surface area contributed by atoms with Gasteiger partial charge in [0.25, 0.3) is 5.69 Å². The van der Waals surface area contributed by atoms with Crippen molar-refractivity contribution in [1.29, 1.82) is 0 Å². The molecular formula is C14H21Cl2N3O3. The van der Waals surface area contributed by atoms with Gasteiger partial charge in [0.15, 0.2) is 0 Å². The van der Waals surface area contributed by atoms with E-state index in [9.17, 15) is 14.9 Å². The van der Waals surface area contributed by atoms with E-state index in [0.29, 0.717) is 18.7 Å². The second kappa shape index (κ2) is 8.31. The van der Waals surface area contributed by atoms with Crippen LogP contribution < -0.4 is 5.73 Å². The Morgan fingerprint density at radius 3 is 2.50 bits per heavy atom. The summed E-state index contributed by atoms with van der Waals surface area (Å²) in [6, 6.07) is 4.12. The topological polar surface area (TPSA) is 89.5 Å². The summed E-state index contributed by atoms with van der Waals surface area (Å²) >= 11 is 5.99. The monoisotopic (exact) mass is 349 g/mol. The maximum Gasteiger partial charge on any atom is 0.270 e. The van der Waals surface area contributed by atoms with E-state index in [1.807, 2.05) is 13.8 Å². The minimum Gasteiger partial charge on any atom is -0.345 e. The van der Waals surface area contributed by atoms with Crippen LogP contribution in [0.1, 0.15) is 19.4 Å². The van der Waals surface area contributed by atoms with Crippen molar-refractivity contribution in [2.75, 3.05) is 20.1 Å². The number of amides is 1. The average Bonchev–Trinajstić information content (AvgIpc) is 2.40. The van der Waals surface area contributed by atoms with Gasteiger partial charge in [-0.2, -0.15) is 0 Å². The fraction of sp³-hybridized carbons (Fsp3) is 0.500. The Morgan fingerprint density at radius 1 is 1.45 bits per heavy atom. The van der Waals surface area contributed by atoms with Gasteiger partial charge in [-0.1, -0.05) is 31.5 Å². The molecule has 0 aliphatic heterocycles. The molecule has 0 fully saturated rings. The Morgan fingerprint density at radius 2 is 2.05 bits per heavy atom. The lowest BCUT2D eigenvalue weighted by molar-refractivity contribution is -0.384. The summed E-state index contributed by atoms with van der Waals surface area (Å²) in [4.78, 5) is 23.9. The van der Waals surface area contributed by atoms with Crippen LogP contribution in [-0.2, 0) is 11.2 Å². The molecule has 0 saturated carbocycles. The van der Waals surface area contributed by atoms with Gasteiger partial charge in [-0.15, -0.1) is 12.4 Å². The number of nitrogens with zero attached hydrogens (tertiary/aromatic N) is 2. The molecule has 8 heteroatoms. The Bertz CT molecular complexity index is 550. The summed E-state index contributed by atoms with van der Waals surface area (Å²) < 4.78 is 0. The molecule has 0 spiro atoms. The maximum absolute atomic E-state index is 12.2. The van der Waals surface area contributed by atoms with E-state index in [-0.39, 0.29) is 40.9 Å². The number of carbonyl (C=O) groups is 1. The van der Waals surface area contributed by atoms with Crippen molar-refractivity contribution in [2.45, 2.75) is 20.3 Å². The zero-order valence-electron chi connectivity index (χ0n) is 12.8. The highest BCUT2D eigenvalue weighted by atomic mass is 35.5. The molecule has 0 aliphatic carbocycles. The van der Waals surface area contributed by atoms with Crippen molar-refractivity contribution in [1.82, 2.24) is 4.90 Å². The zero-order chi connectivity index (χ0) is 16.2. The number of hydrogen-bond acceptors (Lipinski definition) is 4. The Kier molecular flexibility index (Phi) is 7.79. The maximum atomic E-state index is 12.2. The van der Waals surface area contributed by atoms with E-state index in [1.165, 1.54) is 18.2 Å². The second-order valence-electron chi connectivity index (χ2n) is 5.83. The lowest BCUT2D eigenvalue weighted by Crippen LogP contribution is -2.40. The highest BCUT2D eigenvalue weighted by Gasteiger charge is 2.22. The van der Waals surface area contributed by atoms with Crippen molar-refractivity contribution in [3.8, 4) is 0 Å². The minimum atomic E-state index is -0.520. The van der Waals surface area contributed by atoms with Crippen LogP contribution in [0.2, 0.25) is 5.02 Å². The van der Waals surface area contributed by atoms with Gasteiger partial charge in [-0.25, -0.2) is 0 Å². The normalized spacial score (nSPS) is 10.8. The number of rotatable bonds is 6. The van der Waals surface area contributed by atoms with Crippen LogP contribution in [0.5, 0.6) is 0 Å². The average molecular weight is 350 g/mol. The number of benzene rings is 1. The van der Waals surface area contributed by atoms with Gasteiger partial charge in [-0.05, 0) is 17.5 Å². The third kappa shape index (κ3) is 5.79. The molecule has 2 N–H and O–H groups in total. The molecule has 1 aromatic carbocycles. The summed E-state index contributed by atoms with van der Waals surface area (Å²) in [5.74, 6) is -0.104. The number of non-ortho nitro benzene ring substituents is 1. The summed E-state index contributed by atoms with van der Waals surface area (Å²) in [6.45, 7) is 4.97. The number of halogens is 2. The zero-order valence-corrected chi connectivity index (χ0v) is 14.4. The van der Waals surface area contributed by atoms with E-state index in [1.54, 1.807) is 11.9 Å². The number of nitro groups is 1. The van der Waals surface area contributed by atoms with Gasteiger partial charge in [-0.3, -0.25) is 14.9 Å². The standard InChI is InChI=1S/C14H20ClN3O3.ClH/c1-14(2,8-16)9-17(3)13(19)6-10-4-5-11(18(20)21)7-12(10)15;/h4-5,7H,6,8-9,16H2,1-3H3;1H. The van der Waals surface area contributed by atoms with E-state index in [4.69, 9.17) is 17.3 Å². The van der Waals surface area contributed by atoms with Gasteiger partial charge >= 0.3 is 0 Å². The molecule has 1 amide bonds. The van der Waals surface area contributed by atoms with Crippen molar-refractivity contribution < 1.29 is 9.72 Å². The molecular weight excluding hydrogens is 329 g/mol.